The molecule has 1 aromatic heterocycles. The normalized spacial score (nSPS) is 12.2. The van der Waals surface area contributed by atoms with Gasteiger partial charge in [0.1, 0.15) is 6.10 Å². The van der Waals surface area contributed by atoms with E-state index in [9.17, 15) is 0 Å². The monoisotopic (exact) mass is 494 g/mol. The highest BCUT2D eigenvalue weighted by molar-refractivity contribution is 14.0. The van der Waals surface area contributed by atoms with Crippen LogP contribution >= 0.6 is 24.0 Å². The van der Waals surface area contributed by atoms with Crippen molar-refractivity contribution in [2.75, 3.05) is 20.7 Å². The summed E-state index contributed by atoms with van der Waals surface area (Å²) in [6.45, 7) is 3.28. The third-order valence-corrected chi connectivity index (χ3v) is 4.21. The first-order chi connectivity index (χ1) is 13.2. The number of para-hydroxylation sites is 3. The molecule has 3 rings (SSSR count). The van der Waals surface area contributed by atoms with E-state index in [1.807, 2.05) is 43.3 Å². The second-order valence-corrected chi connectivity index (χ2v) is 6.27. The van der Waals surface area contributed by atoms with E-state index >= 15 is 0 Å². The Kier molecular flexibility index (Phi) is 8.43. The van der Waals surface area contributed by atoms with Gasteiger partial charge in [0.15, 0.2) is 17.5 Å². The van der Waals surface area contributed by atoms with E-state index in [0.29, 0.717) is 13.1 Å². The molecule has 7 heteroatoms. The molecule has 0 saturated heterocycles. The maximum atomic E-state index is 5.96. The largest absolute Gasteiger partial charge is 0.493 e. The van der Waals surface area contributed by atoms with Crippen LogP contribution in [0.3, 0.4) is 0 Å². The van der Waals surface area contributed by atoms with E-state index in [4.69, 9.17) is 9.47 Å². The number of benzene rings is 2. The summed E-state index contributed by atoms with van der Waals surface area (Å²) >= 11 is 0. The highest BCUT2D eigenvalue weighted by Crippen LogP contribution is 2.26. The number of halogens is 1. The number of methoxy groups -OCH3 is 1. The van der Waals surface area contributed by atoms with Crippen LogP contribution in [0.2, 0.25) is 0 Å². The zero-order valence-corrected chi connectivity index (χ0v) is 18.7. The molecule has 1 atom stereocenters. The molecule has 150 valence electrons. The van der Waals surface area contributed by atoms with Crippen molar-refractivity contribution < 1.29 is 9.47 Å². The number of nitrogens with zero attached hydrogens (tertiary/aromatic N) is 1. The minimum atomic E-state index is -0.0482. The van der Waals surface area contributed by atoms with Crippen molar-refractivity contribution in [3.63, 3.8) is 0 Å². The predicted octanol–water partition coefficient (Wildman–Crippen LogP) is 3.93. The van der Waals surface area contributed by atoms with Crippen molar-refractivity contribution in [2.24, 2.45) is 4.99 Å². The van der Waals surface area contributed by atoms with Crippen molar-refractivity contribution in [1.82, 2.24) is 15.6 Å². The van der Waals surface area contributed by atoms with Crippen molar-refractivity contribution in [1.29, 1.82) is 0 Å². The lowest BCUT2D eigenvalue weighted by atomic mass is 10.2. The lowest BCUT2D eigenvalue weighted by Crippen LogP contribution is -2.41. The third kappa shape index (κ3) is 5.79. The Morgan fingerprint density at radius 1 is 1.07 bits per heavy atom. The summed E-state index contributed by atoms with van der Waals surface area (Å²) in [6, 6.07) is 18.0. The number of hydrogen-bond acceptors (Lipinski definition) is 3. The molecule has 1 heterocycles. The maximum absolute atomic E-state index is 5.96. The summed E-state index contributed by atoms with van der Waals surface area (Å²) in [4.78, 5) is 7.67. The minimum absolute atomic E-state index is 0. The molecule has 1 unspecified atom stereocenters. The number of guanidine groups is 1. The Hall–Kier alpha value is -2.42. The summed E-state index contributed by atoms with van der Waals surface area (Å²) in [6.07, 6.45) is -0.0482. The van der Waals surface area contributed by atoms with Crippen LogP contribution in [0.1, 0.15) is 12.6 Å². The zero-order chi connectivity index (χ0) is 19.1. The highest BCUT2D eigenvalue weighted by atomic mass is 127. The topological polar surface area (TPSA) is 70.7 Å². The van der Waals surface area contributed by atoms with Gasteiger partial charge in [-0.05, 0) is 36.6 Å². The number of aromatic nitrogens is 1. The fourth-order valence-corrected chi connectivity index (χ4v) is 2.84. The van der Waals surface area contributed by atoms with E-state index in [1.54, 1.807) is 14.2 Å². The standard InChI is InChI=1S/C21H26N4O2.HI/c1-15(27-20-11-7-6-10-19(20)26-3)13-23-21(22-2)24-14-17-12-16-8-4-5-9-18(16)25-17;/h4-12,15,25H,13-14H2,1-3H3,(H2,22,23,24);1H. The number of aliphatic imine (C=N–C) groups is 1. The van der Waals surface area contributed by atoms with Crippen molar-refractivity contribution in [3.8, 4) is 11.5 Å². The number of nitrogens with one attached hydrogen (secondary N) is 3. The number of aromatic amines is 1. The van der Waals surface area contributed by atoms with Crippen LogP contribution < -0.4 is 20.1 Å². The fourth-order valence-electron chi connectivity index (χ4n) is 2.84. The van der Waals surface area contributed by atoms with Gasteiger partial charge >= 0.3 is 0 Å². The molecular formula is C21H27IN4O2. The first-order valence-electron chi connectivity index (χ1n) is 9.00. The Morgan fingerprint density at radius 3 is 2.50 bits per heavy atom. The second-order valence-electron chi connectivity index (χ2n) is 6.27. The van der Waals surface area contributed by atoms with Gasteiger partial charge in [0, 0.05) is 18.3 Å². The van der Waals surface area contributed by atoms with Gasteiger partial charge in [-0.15, -0.1) is 24.0 Å². The van der Waals surface area contributed by atoms with Gasteiger partial charge in [0.25, 0.3) is 0 Å². The quantitative estimate of drug-likeness (QED) is 0.265. The molecular weight excluding hydrogens is 467 g/mol. The molecule has 0 radical (unpaired) electrons. The Bertz CT molecular complexity index is 877. The van der Waals surface area contributed by atoms with Gasteiger partial charge in [-0.1, -0.05) is 30.3 Å². The molecule has 3 N–H and O–H groups in total. The van der Waals surface area contributed by atoms with Crippen molar-refractivity contribution >= 4 is 40.8 Å². The van der Waals surface area contributed by atoms with Crippen LogP contribution in [-0.4, -0.2) is 37.7 Å². The summed E-state index contributed by atoms with van der Waals surface area (Å²) in [5, 5.41) is 7.81. The lowest BCUT2D eigenvalue weighted by molar-refractivity contribution is 0.213. The molecule has 6 nitrogen and oxygen atoms in total. The number of H-pyrrole nitrogens is 1. The molecule has 0 aliphatic rings. The Balaban J connectivity index is 0.00000280. The lowest BCUT2D eigenvalue weighted by Gasteiger charge is -2.19. The molecule has 3 aromatic rings. The first-order valence-corrected chi connectivity index (χ1v) is 9.00. The highest BCUT2D eigenvalue weighted by Gasteiger charge is 2.09. The molecule has 0 aliphatic heterocycles. The van der Waals surface area contributed by atoms with Crippen molar-refractivity contribution in [2.45, 2.75) is 19.6 Å². The van der Waals surface area contributed by atoms with E-state index in [-0.39, 0.29) is 30.1 Å². The summed E-state index contributed by atoms with van der Waals surface area (Å²) in [5.41, 5.74) is 2.24. The maximum Gasteiger partial charge on any atom is 0.191 e. The predicted molar refractivity (Wildman–Crippen MR) is 125 cm³/mol. The summed E-state index contributed by atoms with van der Waals surface area (Å²) in [5.74, 6) is 2.19. The van der Waals surface area contributed by atoms with E-state index in [0.717, 1.165) is 28.7 Å². The van der Waals surface area contributed by atoms with Gasteiger partial charge in [0.2, 0.25) is 0 Å². The Morgan fingerprint density at radius 2 is 1.79 bits per heavy atom. The number of rotatable bonds is 7. The van der Waals surface area contributed by atoms with Crippen LogP contribution in [-0.2, 0) is 6.54 Å². The van der Waals surface area contributed by atoms with E-state index < -0.39 is 0 Å². The number of hydrogen-bond donors (Lipinski definition) is 3. The van der Waals surface area contributed by atoms with Gasteiger partial charge < -0.3 is 25.1 Å². The fraction of sp³-hybridized carbons (Fsp3) is 0.286. The van der Waals surface area contributed by atoms with E-state index in [1.165, 1.54) is 5.39 Å². The Labute approximate surface area is 182 Å². The van der Waals surface area contributed by atoms with Gasteiger partial charge in [-0.3, -0.25) is 4.99 Å². The minimum Gasteiger partial charge on any atom is -0.493 e. The van der Waals surface area contributed by atoms with Gasteiger partial charge in [-0.2, -0.15) is 0 Å². The first kappa shape index (κ1) is 21.9. The van der Waals surface area contributed by atoms with Crippen LogP contribution in [0.4, 0.5) is 0 Å². The molecule has 0 amide bonds. The molecule has 0 bridgehead atoms. The van der Waals surface area contributed by atoms with Crippen molar-refractivity contribution in [3.05, 3.63) is 60.3 Å². The molecule has 0 aliphatic carbocycles. The molecule has 28 heavy (non-hydrogen) atoms. The summed E-state index contributed by atoms with van der Waals surface area (Å²) < 4.78 is 11.3. The van der Waals surface area contributed by atoms with E-state index in [2.05, 4.69) is 38.8 Å². The number of fused-ring (bicyclic) bond motifs is 1. The van der Waals surface area contributed by atoms with Gasteiger partial charge in [0.05, 0.1) is 20.2 Å². The summed E-state index contributed by atoms with van der Waals surface area (Å²) in [7, 11) is 3.40. The van der Waals surface area contributed by atoms with Crippen LogP contribution in [0.25, 0.3) is 10.9 Å². The molecule has 0 saturated carbocycles. The van der Waals surface area contributed by atoms with Crippen LogP contribution in [0, 0.1) is 0 Å². The SMILES string of the molecule is CN=C(NCc1cc2ccccc2[nH]1)NCC(C)Oc1ccccc1OC.I. The number of ether oxygens (including phenoxy) is 2. The zero-order valence-electron chi connectivity index (χ0n) is 16.4. The second kappa shape index (κ2) is 10.8. The molecule has 0 fully saturated rings. The average Bonchev–Trinajstić information content (AvgIpc) is 3.11. The van der Waals surface area contributed by atoms with Crippen LogP contribution in [0.5, 0.6) is 11.5 Å². The average molecular weight is 494 g/mol. The molecule has 2 aromatic carbocycles. The molecule has 0 spiro atoms. The smallest absolute Gasteiger partial charge is 0.191 e. The van der Waals surface area contributed by atoms with Crippen LogP contribution in [0.15, 0.2) is 59.6 Å². The third-order valence-electron chi connectivity index (χ3n) is 4.21. The van der Waals surface area contributed by atoms with Gasteiger partial charge in [-0.25, -0.2) is 0 Å².